The molecule has 0 fully saturated rings. The van der Waals surface area contributed by atoms with Crippen LogP contribution in [-0.4, -0.2) is 25.9 Å². The molecule has 0 saturated heterocycles. The summed E-state index contributed by atoms with van der Waals surface area (Å²) in [6.07, 6.45) is 0. The van der Waals surface area contributed by atoms with Crippen molar-refractivity contribution in [3.05, 3.63) is 64.9 Å². The molecule has 0 aliphatic heterocycles. The van der Waals surface area contributed by atoms with Crippen LogP contribution in [-0.2, 0) is 18.4 Å². The van der Waals surface area contributed by atoms with E-state index >= 15 is 0 Å². The summed E-state index contributed by atoms with van der Waals surface area (Å²) in [7, 11) is 1.73. The Balaban J connectivity index is 1.63. The van der Waals surface area contributed by atoms with Crippen LogP contribution in [0.3, 0.4) is 0 Å². The van der Waals surface area contributed by atoms with Gasteiger partial charge < -0.3 is 14.6 Å². The maximum absolute atomic E-state index is 13.7. The number of hydrogen-bond acceptors (Lipinski definition) is 5. The van der Waals surface area contributed by atoms with E-state index in [4.69, 9.17) is 16.3 Å². The van der Waals surface area contributed by atoms with Crippen LogP contribution in [0.1, 0.15) is 12.7 Å². The summed E-state index contributed by atoms with van der Waals surface area (Å²) in [6.45, 7) is 1.74. The van der Waals surface area contributed by atoms with E-state index in [0.29, 0.717) is 21.8 Å². The van der Waals surface area contributed by atoms with Crippen LogP contribution in [0.25, 0.3) is 0 Å². The molecule has 1 heterocycles. The molecule has 1 aromatic heterocycles. The highest BCUT2D eigenvalue weighted by Gasteiger charge is 2.21. The summed E-state index contributed by atoms with van der Waals surface area (Å²) >= 11 is 7.16. The molecule has 152 valence electrons. The fraction of sp³-hybridized carbons (Fsp3) is 0.211. The zero-order chi connectivity index (χ0) is 21.0. The van der Waals surface area contributed by atoms with Crippen molar-refractivity contribution in [2.24, 2.45) is 7.05 Å². The fourth-order valence-electron chi connectivity index (χ4n) is 2.33. The molecule has 0 spiro atoms. The summed E-state index contributed by atoms with van der Waals surface area (Å²) < 4.78 is 34.7. The second-order valence-electron chi connectivity index (χ2n) is 6.02. The number of carbonyl (C=O) groups excluding carboxylic acids is 1. The van der Waals surface area contributed by atoms with Crippen LogP contribution in [0.15, 0.2) is 47.6 Å². The molecule has 1 atom stereocenters. The van der Waals surface area contributed by atoms with Crippen LogP contribution in [0, 0.1) is 11.6 Å². The average molecular weight is 439 g/mol. The molecule has 1 unspecified atom stereocenters. The first kappa shape index (κ1) is 21.1. The molecular formula is C19H17ClF2N4O2S. The topological polar surface area (TPSA) is 69.0 Å². The SMILES string of the molecule is CC(Sc1nnc(COc2ccccc2Cl)n1C)C(=O)Nc1c(F)cccc1F. The third-order valence-electron chi connectivity index (χ3n) is 3.98. The third-order valence-corrected chi connectivity index (χ3v) is 5.43. The summed E-state index contributed by atoms with van der Waals surface area (Å²) in [5, 5.41) is 10.6. The van der Waals surface area contributed by atoms with E-state index in [-0.39, 0.29) is 6.61 Å². The average Bonchev–Trinajstić information content (AvgIpc) is 3.03. The number of benzene rings is 2. The maximum atomic E-state index is 13.7. The predicted molar refractivity (Wildman–Crippen MR) is 107 cm³/mol. The summed E-state index contributed by atoms with van der Waals surface area (Å²) in [5.41, 5.74) is -0.475. The van der Waals surface area contributed by atoms with Crippen molar-refractivity contribution in [1.82, 2.24) is 14.8 Å². The summed E-state index contributed by atoms with van der Waals surface area (Å²) in [5.74, 6) is -1.19. The lowest BCUT2D eigenvalue weighted by Gasteiger charge is -2.13. The molecule has 0 aliphatic rings. The first-order valence-corrected chi connectivity index (χ1v) is 9.79. The van der Waals surface area contributed by atoms with Gasteiger partial charge in [0.15, 0.2) is 11.0 Å². The number of carbonyl (C=O) groups is 1. The first-order chi connectivity index (χ1) is 13.9. The van der Waals surface area contributed by atoms with Crippen molar-refractivity contribution in [3.63, 3.8) is 0 Å². The lowest BCUT2D eigenvalue weighted by molar-refractivity contribution is -0.115. The molecule has 3 aromatic rings. The Hall–Kier alpha value is -2.65. The Morgan fingerprint density at radius 1 is 1.21 bits per heavy atom. The van der Waals surface area contributed by atoms with Gasteiger partial charge in [-0.2, -0.15) is 0 Å². The van der Waals surface area contributed by atoms with Crippen molar-refractivity contribution in [1.29, 1.82) is 0 Å². The van der Waals surface area contributed by atoms with E-state index in [1.807, 2.05) is 0 Å². The van der Waals surface area contributed by atoms with Crippen molar-refractivity contribution < 1.29 is 18.3 Å². The van der Waals surface area contributed by atoms with Gasteiger partial charge in [-0.3, -0.25) is 4.79 Å². The zero-order valence-corrected chi connectivity index (χ0v) is 17.1. The second-order valence-corrected chi connectivity index (χ2v) is 7.74. The number of nitrogens with zero attached hydrogens (tertiary/aromatic N) is 3. The number of para-hydroxylation sites is 2. The van der Waals surface area contributed by atoms with Gasteiger partial charge >= 0.3 is 0 Å². The van der Waals surface area contributed by atoms with E-state index in [9.17, 15) is 13.6 Å². The largest absolute Gasteiger partial charge is 0.484 e. The van der Waals surface area contributed by atoms with E-state index in [1.165, 1.54) is 6.07 Å². The molecule has 3 rings (SSSR count). The number of thioether (sulfide) groups is 1. The standard InChI is InChI=1S/C19H17ClF2N4O2S/c1-11(18(27)23-17-13(21)7-5-8-14(17)22)29-19-25-24-16(26(19)2)10-28-15-9-4-3-6-12(15)20/h3-9,11H,10H2,1-2H3,(H,23,27). The molecule has 29 heavy (non-hydrogen) atoms. The van der Waals surface area contributed by atoms with Crippen LogP contribution in [0.4, 0.5) is 14.5 Å². The molecule has 6 nitrogen and oxygen atoms in total. The minimum atomic E-state index is -0.840. The number of hydrogen-bond donors (Lipinski definition) is 1. The van der Waals surface area contributed by atoms with Crippen molar-refractivity contribution in [2.75, 3.05) is 5.32 Å². The summed E-state index contributed by atoms with van der Waals surface area (Å²) in [6, 6.07) is 10.4. The molecule has 1 amide bonds. The van der Waals surface area contributed by atoms with Crippen LogP contribution < -0.4 is 10.1 Å². The third kappa shape index (κ3) is 5.04. The maximum Gasteiger partial charge on any atom is 0.237 e. The molecule has 0 saturated carbocycles. The highest BCUT2D eigenvalue weighted by molar-refractivity contribution is 8.00. The molecule has 0 radical (unpaired) electrons. The Labute approximate surface area is 175 Å². The quantitative estimate of drug-likeness (QED) is 0.552. The number of rotatable bonds is 7. The van der Waals surface area contributed by atoms with Crippen molar-refractivity contribution in [2.45, 2.75) is 23.9 Å². The van der Waals surface area contributed by atoms with E-state index in [2.05, 4.69) is 15.5 Å². The zero-order valence-electron chi connectivity index (χ0n) is 15.5. The Kier molecular flexibility index (Phi) is 6.71. The number of ether oxygens (including phenoxy) is 1. The van der Waals surface area contributed by atoms with Gasteiger partial charge in [0.1, 0.15) is 29.7 Å². The lowest BCUT2D eigenvalue weighted by Crippen LogP contribution is -2.24. The molecular weight excluding hydrogens is 422 g/mol. The van der Waals surface area contributed by atoms with Crippen molar-refractivity contribution >= 4 is 35.0 Å². The number of aromatic nitrogens is 3. The van der Waals surface area contributed by atoms with E-state index in [0.717, 1.165) is 23.9 Å². The van der Waals surface area contributed by atoms with E-state index in [1.54, 1.807) is 42.8 Å². The van der Waals surface area contributed by atoms with Gasteiger partial charge in [-0.1, -0.05) is 41.6 Å². The molecule has 1 N–H and O–H groups in total. The molecule has 10 heteroatoms. The highest BCUT2D eigenvalue weighted by Crippen LogP contribution is 2.26. The van der Waals surface area contributed by atoms with E-state index < -0.39 is 28.5 Å². The number of halogens is 3. The van der Waals surface area contributed by atoms with Gasteiger partial charge in [0.05, 0.1) is 10.3 Å². The first-order valence-electron chi connectivity index (χ1n) is 8.54. The highest BCUT2D eigenvalue weighted by atomic mass is 35.5. The molecule has 0 aliphatic carbocycles. The normalized spacial score (nSPS) is 11.9. The predicted octanol–water partition coefficient (Wildman–Crippen LogP) is 4.45. The van der Waals surface area contributed by atoms with Gasteiger partial charge in [-0.15, -0.1) is 10.2 Å². The smallest absolute Gasteiger partial charge is 0.237 e. The monoisotopic (exact) mass is 438 g/mol. The number of anilines is 1. The Morgan fingerprint density at radius 2 is 1.90 bits per heavy atom. The van der Waals surface area contributed by atoms with Crippen LogP contribution >= 0.6 is 23.4 Å². The Bertz CT molecular complexity index is 1010. The van der Waals surface area contributed by atoms with Gasteiger partial charge in [0.2, 0.25) is 5.91 Å². The summed E-state index contributed by atoms with van der Waals surface area (Å²) in [4.78, 5) is 12.3. The van der Waals surface area contributed by atoms with Crippen LogP contribution in [0.2, 0.25) is 5.02 Å². The molecule has 0 bridgehead atoms. The number of amides is 1. The van der Waals surface area contributed by atoms with Crippen molar-refractivity contribution in [3.8, 4) is 5.75 Å². The molecule has 2 aromatic carbocycles. The van der Waals surface area contributed by atoms with Gasteiger partial charge in [0.25, 0.3) is 0 Å². The van der Waals surface area contributed by atoms with Gasteiger partial charge in [-0.05, 0) is 31.2 Å². The lowest BCUT2D eigenvalue weighted by atomic mass is 10.3. The Morgan fingerprint density at radius 3 is 2.59 bits per heavy atom. The number of nitrogens with one attached hydrogen (secondary N) is 1. The van der Waals surface area contributed by atoms with Gasteiger partial charge in [0, 0.05) is 7.05 Å². The fourth-order valence-corrected chi connectivity index (χ4v) is 3.36. The minimum Gasteiger partial charge on any atom is -0.484 e. The second kappa shape index (κ2) is 9.23. The minimum absolute atomic E-state index is 0.134. The van der Waals surface area contributed by atoms with Crippen LogP contribution in [0.5, 0.6) is 5.75 Å². The van der Waals surface area contributed by atoms with Gasteiger partial charge in [-0.25, -0.2) is 8.78 Å².